The highest BCUT2D eigenvalue weighted by Gasteiger charge is 2.27. The van der Waals surface area contributed by atoms with Gasteiger partial charge in [0.15, 0.2) is 0 Å². The van der Waals surface area contributed by atoms with Crippen LogP contribution in [0.1, 0.15) is 25.3 Å². The average Bonchev–Trinajstić information content (AvgIpc) is 2.45. The Morgan fingerprint density at radius 1 is 1.33 bits per heavy atom. The lowest BCUT2D eigenvalue weighted by Gasteiger charge is -2.31. The van der Waals surface area contributed by atoms with E-state index in [4.69, 9.17) is 0 Å². The van der Waals surface area contributed by atoms with Crippen molar-refractivity contribution >= 4 is 15.9 Å². The van der Waals surface area contributed by atoms with Crippen molar-refractivity contribution in [2.24, 2.45) is 5.92 Å². The van der Waals surface area contributed by atoms with Crippen molar-refractivity contribution in [2.75, 3.05) is 30.9 Å². The van der Waals surface area contributed by atoms with Gasteiger partial charge in [-0.15, -0.1) is 0 Å². The number of aromatic nitrogens is 1. The first kappa shape index (κ1) is 16.2. The molecule has 1 aromatic rings. The number of pyridine rings is 1. The van der Waals surface area contributed by atoms with Gasteiger partial charge in [0.05, 0.1) is 11.9 Å². The lowest BCUT2D eigenvalue weighted by atomic mass is 9.98. The van der Waals surface area contributed by atoms with Crippen molar-refractivity contribution < 1.29 is 8.42 Å². The molecule has 0 aliphatic carbocycles. The lowest BCUT2D eigenvalue weighted by Crippen LogP contribution is -2.43. The Balaban J connectivity index is 1.92. The summed E-state index contributed by atoms with van der Waals surface area (Å²) in [6, 6.07) is 1.78. The second-order valence-corrected chi connectivity index (χ2v) is 7.18. The molecule has 2 heterocycles. The van der Waals surface area contributed by atoms with Crippen molar-refractivity contribution in [3.05, 3.63) is 24.0 Å². The quantitative estimate of drug-likeness (QED) is 0.832. The van der Waals surface area contributed by atoms with Crippen LogP contribution in [0.3, 0.4) is 0 Å². The van der Waals surface area contributed by atoms with Gasteiger partial charge in [-0.05, 0) is 50.4 Å². The molecule has 2 N–H and O–H groups in total. The Kier molecular flexibility index (Phi) is 5.55. The molecule has 2 rings (SSSR count). The molecule has 6 nitrogen and oxygen atoms in total. The molecule has 1 aromatic heterocycles. The summed E-state index contributed by atoms with van der Waals surface area (Å²) in [7, 11) is -3.47. The van der Waals surface area contributed by atoms with Crippen molar-refractivity contribution in [2.45, 2.75) is 26.7 Å². The van der Waals surface area contributed by atoms with Crippen LogP contribution in [0.5, 0.6) is 0 Å². The number of piperidine rings is 1. The minimum Gasteiger partial charge on any atom is -0.317 e. The van der Waals surface area contributed by atoms with E-state index < -0.39 is 10.2 Å². The van der Waals surface area contributed by atoms with Gasteiger partial charge in [-0.3, -0.25) is 9.71 Å². The molecule has 0 unspecified atom stereocenters. The second kappa shape index (κ2) is 7.20. The van der Waals surface area contributed by atoms with Gasteiger partial charge in [-0.25, -0.2) is 0 Å². The highest BCUT2D eigenvalue weighted by molar-refractivity contribution is 7.90. The maximum atomic E-state index is 12.4. The fourth-order valence-corrected chi connectivity index (χ4v) is 3.76. The molecule has 0 saturated carbocycles. The van der Waals surface area contributed by atoms with Crippen LogP contribution in [-0.2, 0) is 10.2 Å². The number of nitrogens with one attached hydrogen (secondary N) is 2. The molecular formula is C14H24N4O2S. The van der Waals surface area contributed by atoms with Crippen LogP contribution < -0.4 is 10.0 Å². The predicted octanol–water partition coefficient (Wildman–Crippen LogP) is 1.37. The summed E-state index contributed by atoms with van der Waals surface area (Å²) in [5.74, 6) is 0.567. The zero-order chi connectivity index (χ0) is 15.3. The second-order valence-electron chi connectivity index (χ2n) is 5.51. The topological polar surface area (TPSA) is 74.3 Å². The molecule has 118 valence electrons. The first-order valence-electron chi connectivity index (χ1n) is 7.41. The molecule has 0 atom stereocenters. The van der Waals surface area contributed by atoms with Gasteiger partial charge in [-0.2, -0.15) is 12.7 Å². The third-order valence-electron chi connectivity index (χ3n) is 3.72. The number of hydrogen-bond donors (Lipinski definition) is 2. The van der Waals surface area contributed by atoms with Crippen molar-refractivity contribution in [1.82, 2.24) is 14.6 Å². The minimum absolute atomic E-state index is 0.518. The number of hydrogen-bond acceptors (Lipinski definition) is 4. The minimum atomic E-state index is -3.47. The molecule has 1 aliphatic rings. The van der Waals surface area contributed by atoms with E-state index in [1.54, 1.807) is 12.3 Å². The molecule has 0 amide bonds. The molecule has 1 saturated heterocycles. The zero-order valence-corrected chi connectivity index (χ0v) is 13.5. The highest BCUT2D eigenvalue weighted by Crippen LogP contribution is 2.20. The van der Waals surface area contributed by atoms with E-state index in [-0.39, 0.29) is 0 Å². The maximum absolute atomic E-state index is 12.4. The van der Waals surface area contributed by atoms with Crippen LogP contribution in [0.15, 0.2) is 18.5 Å². The number of rotatable bonds is 6. The van der Waals surface area contributed by atoms with Crippen LogP contribution in [-0.4, -0.2) is 43.9 Å². The molecule has 1 fully saturated rings. The average molecular weight is 312 g/mol. The normalized spacial score (nSPS) is 17.8. The van der Waals surface area contributed by atoms with Gasteiger partial charge in [0, 0.05) is 19.3 Å². The Hall–Kier alpha value is -1.18. The van der Waals surface area contributed by atoms with E-state index in [0.717, 1.165) is 31.5 Å². The summed E-state index contributed by atoms with van der Waals surface area (Å²) >= 11 is 0. The molecule has 0 spiro atoms. The smallest absolute Gasteiger partial charge is 0.301 e. The van der Waals surface area contributed by atoms with Gasteiger partial charge < -0.3 is 5.32 Å². The first-order valence-corrected chi connectivity index (χ1v) is 8.85. The summed E-state index contributed by atoms with van der Waals surface area (Å²) in [6.07, 6.45) is 5.03. The lowest BCUT2D eigenvalue weighted by molar-refractivity contribution is 0.269. The third-order valence-corrected chi connectivity index (χ3v) is 5.26. The maximum Gasteiger partial charge on any atom is 0.301 e. The largest absolute Gasteiger partial charge is 0.317 e. The van der Waals surface area contributed by atoms with Crippen LogP contribution in [0, 0.1) is 12.8 Å². The Morgan fingerprint density at radius 2 is 2.05 bits per heavy atom. The Labute approximate surface area is 127 Å². The van der Waals surface area contributed by atoms with Crippen molar-refractivity contribution in [3.8, 4) is 0 Å². The van der Waals surface area contributed by atoms with Gasteiger partial charge in [0.1, 0.15) is 0 Å². The molecule has 1 aliphatic heterocycles. The van der Waals surface area contributed by atoms with E-state index in [1.165, 1.54) is 10.5 Å². The Morgan fingerprint density at radius 3 is 2.67 bits per heavy atom. The molecule has 0 aromatic carbocycles. The van der Waals surface area contributed by atoms with Crippen LogP contribution in [0.4, 0.5) is 5.69 Å². The van der Waals surface area contributed by atoms with E-state index >= 15 is 0 Å². The van der Waals surface area contributed by atoms with Crippen LogP contribution >= 0.6 is 0 Å². The van der Waals surface area contributed by atoms with Gasteiger partial charge in [0.25, 0.3) is 0 Å². The van der Waals surface area contributed by atoms with Gasteiger partial charge in [-0.1, -0.05) is 6.92 Å². The zero-order valence-electron chi connectivity index (χ0n) is 12.7. The molecule has 21 heavy (non-hydrogen) atoms. The summed E-state index contributed by atoms with van der Waals surface area (Å²) < 4.78 is 28.8. The first-order chi connectivity index (χ1) is 10.0. The van der Waals surface area contributed by atoms with Gasteiger partial charge in [0.2, 0.25) is 0 Å². The highest BCUT2D eigenvalue weighted by atomic mass is 32.2. The number of anilines is 1. The molecule has 0 radical (unpaired) electrons. The van der Waals surface area contributed by atoms with E-state index in [2.05, 4.69) is 21.9 Å². The summed E-state index contributed by atoms with van der Waals surface area (Å²) in [6.45, 7) is 7.05. The fourth-order valence-electron chi connectivity index (χ4n) is 2.53. The molecular weight excluding hydrogens is 288 g/mol. The van der Waals surface area contributed by atoms with Crippen LogP contribution in [0.25, 0.3) is 0 Å². The van der Waals surface area contributed by atoms with E-state index in [1.807, 2.05) is 6.92 Å². The number of aryl methyl sites for hydroxylation is 1. The standard InChI is InChI=1S/C14H24N4O2S/c1-3-15-10-13-4-6-18(7-5-13)21(19,20)17-14-8-12(2)9-16-11-14/h8-9,11,13,15,17H,3-7,10H2,1-2H3. The van der Waals surface area contributed by atoms with Gasteiger partial charge >= 0.3 is 10.2 Å². The monoisotopic (exact) mass is 312 g/mol. The SMILES string of the molecule is CCNCC1CCN(S(=O)(=O)Nc2cncc(C)c2)CC1. The van der Waals surface area contributed by atoms with E-state index in [9.17, 15) is 8.42 Å². The molecule has 0 bridgehead atoms. The summed E-state index contributed by atoms with van der Waals surface area (Å²) in [5.41, 5.74) is 1.45. The summed E-state index contributed by atoms with van der Waals surface area (Å²) in [5, 5.41) is 3.33. The van der Waals surface area contributed by atoms with Crippen molar-refractivity contribution in [1.29, 1.82) is 0 Å². The molecule has 7 heteroatoms. The summed E-state index contributed by atoms with van der Waals surface area (Å²) in [4.78, 5) is 4.01. The van der Waals surface area contributed by atoms with Crippen molar-refractivity contribution in [3.63, 3.8) is 0 Å². The Bertz CT molecular complexity index is 554. The third kappa shape index (κ3) is 4.66. The van der Waals surface area contributed by atoms with Crippen LogP contribution in [0.2, 0.25) is 0 Å². The number of nitrogens with zero attached hydrogens (tertiary/aromatic N) is 2. The van der Waals surface area contributed by atoms with E-state index in [0.29, 0.717) is 24.7 Å². The predicted molar refractivity (Wildman–Crippen MR) is 84.4 cm³/mol. The fraction of sp³-hybridized carbons (Fsp3) is 0.643.